The third kappa shape index (κ3) is 2.63. The monoisotopic (exact) mass is 240 g/mol. The van der Waals surface area contributed by atoms with Crippen molar-refractivity contribution >= 4 is 5.91 Å². The fraction of sp³-hybridized carbons (Fsp3) is 0.923. The Morgan fingerprint density at radius 2 is 2.47 bits per heavy atom. The Morgan fingerprint density at radius 1 is 1.65 bits per heavy atom. The van der Waals surface area contributed by atoms with Gasteiger partial charge in [-0.2, -0.15) is 0 Å². The summed E-state index contributed by atoms with van der Waals surface area (Å²) in [5.41, 5.74) is -0.312. The Balaban J connectivity index is 1.90. The van der Waals surface area contributed by atoms with Crippen LogP contribution in [0.2, 0.25) is 0 Å². The number of rotatable bonds is 4. The summed E-state index contributed by atoms with van der Waals surface area (Å²) in [6.07, 6.45) is 3.99. The molecule has 4 heteroatoms. The molecule has 2 aliphatic rings. The Morgan fingerprint density at radius 3 is 3.00 bits per heavy atom. The maximum Gasteiger partial charge on any atom is 0.240 e. The van der Waals surface area contributed by atoms with Crippen LogP contribution >= 0.6 is 0 Å². The highest BCUT2D eigenvalue weighted by atomic mass is 16.5. The molecule has 2 saturated heterocycles. The van der Waals surface area contributed by atoms with Crippen molar-refractivity contribution in [1.29, 1.82) is 0 Å². The molecule has 0 radical (unpaired) electrons. The Labute approximate surface area is 103 Å². The zero-order valence-electron chi connectivity index (χ0n) is 10.9. The number of ether oxygens (including phenoxy) is 1. The molecule has 0 saturated carbocycles. The lowest BCUT2D eigenvalue weighted by atomic mass is 9.91. The molecular weight excluding hydrogens is 216 g/mol. The van der Waals surface area contributed by atoms with Gasteiger partial charge in [0.2, 0.25) is 5.91 Å². The van der Waals surface area contributed by atoms with Crippen molar-refractivity contribution in [3.8, 4) is 0 Å². The predicted molar refractivity (Wildman–Crippen MR) is 66.8 cm³/mol. The first-order valence-electron chi connectivity index (χ1n) is 6.82. The van der Waals surface area contributed by atoms with Crippen molar-refractivity contribution < 1.29 is 9.53 Å². The Kier molecular flexibility index (Phi) is 4.05. The lowest BCUT2D eigenvalue weighted by Crippen LogP contribution is -2.56. The SMILES string of the molecule is CCC1(C(=O)NC(C)C2CCOC2)CCCN1. The quantitative estimate of drug-likeness (QED) is 0.772. The summed E-state index contributed by atoms with van der Waals surface area (Å²) >= 11 is 0. The van der Waals surface area contributed by atoms with Crippen LogP contribution in [0.1, 0.15) is 39.5 Å². The van der Waals surface area contributed by atoms with Crippen LogP contribution in [0.25, 0.3) is 0 Å². The van der Waals surface area contributed by atoms with Crippen LogP contribution in [0, 0.1) is 5.92 Å². The molecular formula is C13H24N2O2. The molecule has 0 spiro atoms. The molecule has 2 N–H and O–H groups in total. The van der Waals surface area contributed by atoms with E-state index >= 15 is 0 Å². The van der Waals surface area contributed by atoms with E-state index < -0.39 is 0 Å². The summed E-state index contributed by atoms with van der Waals surface area (Å²) in [6, 6.07) is 0.218. The molecule has 3 unspecified atom stereocenters. The second-order valence-corrected chi connectivity index (χ2v) is 5.35. The zero-order valence-corrected chi connectivity index (χ0v) is 10.9. The molecule has 0 aliphatic carbocycles. The first kappa shape index (κ1) is 12.8. The standard InChI is InChI=1S/C13H24N2O2/c1-3-13(6-4-7-14-13)12(16)15-10(2)11-5-8-17-9-11/h10-11,14H,3-9H2,1-2H3,(H,15,16). The van der Waals surface area contributed by atoms with Gasteiger partial charge in [-0.15, -0.1) is 0 Å². The van der Waals surface area contributed by atoms with Crippen molar-refractivity contribution in [2.75, 3.05) is 19.8 Å². The summed E-state index contributed by atoms with van der Waals surface area (Å²) in [5.74, 6) is 0.658. The first-order valence-corrected chi connectivity index (χ1v) is 6.82. The number of amides is 1. The normalized spacial score (nSPS) is 34.8. The van der Waals surface area contributed by atoms with Crippen LogP contribution < -0.4 is 10.6 Å². The molecule has 2 rings (SSSR count). The van der Waals surface area contributed by atoms with Gasteiger partial charge in [-0.25, -0.2) is 0 Å². The minimum atomic E-state index is -0.312. The summed E-state index contributed by atoms with van der Waals surface area (Å²) in [7, 11) is 0. The summed E-state index contributed by atoms with van der Waals surface area (Å²) in [4.78, 5) is 12.4. The fourth-order valence-corrected chi connectivity index (χ4v) is 2.87. The maximum atomic E-state index is 12.4. The van der Waals surface area contributed by atoms with E-state index in [1.54, 1.807) is 0 Å². The molecule has 4 nitrogen and oxygen atoms in total. The maximum absolute atomic E-state index is 12.4. The number of carbonyl (C=O) groups is 1. The smallest absolute Gasteiger partial charge is 0.240 e. The average molecular weight is 240 g/mol. The Bertz CT molecular complexity index is 269. The minimum Gasteiger partial charge on any atom is -0.381 e. The summed E-state index contributed by atoms with van der Waals surface area (Å²) in [5, 5.41) is 6.55. The molecule has 2 aliphatic heterocycles. The number of nitrogens with one attached hydrogen (secondary N) is 2. The lowest BCUT2D eigenvalue weighted by Gasteiger charge is -2.30. The Hall–Kier alpha value is -0.610. The molecule has 0 aromatic heterocycles. The highest BCUT2D eigenvalue weighted by Crippen LogP contribution is 2.24. The molecule has 2 fully saturated rings. The number of hydrogen-bond acceptors (Lipinski definition) is 3. The molecule has 17 heavy (non-hydrogen) atoms. The van der Waals surface area contributed by atoms with Crippen LogP contribution in [0.4, 0.5) is 0 Å². The van der Waals surface area contributed by atoms with Crippen molar-refractivity contribution in [3.63, 3.8) is 0 Å². The zero-order chi connectivity index (χ0) is 12.3. The first-order chi connectivity index (χ1) is 8.18. The van der Waals surface area contributed by atoms with E-state index in [-0.39, 0.29) is 17.5 Å². The van der Waals surface area contributed by atoms with Crippen LogP contribution in [0.3, 0.4) is 0 Å². The van der Waals surface area contributed by atoms with Crippen molar-refractivity contribution in [2.45, 2.75) is 51.1 Å². The second kappa shape index (κ2) is 5.36. The fourth-order valence-electron chi connectivity index (χ4n) is 2.87. The highest BCUT2D eigenvalue weighted by Gasteiger charge is 2.40. The van der Waals surface area contributed by atoms with Gasteiger partial charge in [-0.05, 0) is 39.2 Å². The molecule has 3 atom stereocenters. The summed E-state index contributed by atoms with van der Waals surface area (Å²) in [6.45, 7) is 6.76. The van der Waals surface area contributed by atoms with Gasteiger partial charge in [-0.1, -0.05) is 6.92 Å². The van der Waals surface area contributed by atoms with Gasteiger partial charge < -0.3 is 15.4 Å². The van der Waals surface area contributed by atoms with Crippen molar-refractivity contribution in [2.24, 2.45) is 5.92 Å². The third-order valence-corrected chi connectivity index (χ3v) is 4.31. The highest BCUT2D eigenvalue weighted by molar-refractivity contribution is 5.86. The second-order valence-electron chi connectivity index (χ2n) is 5.35. The average Bonchev–Trinajstić information content (AvgIpc) is 3.01. The lowest BCUT2D eigenvalue weighted by molar-refractivity contribution is -0.128. The van der Waals surface area contributed by atoms with Gasteiger partial charge in [0, 0.05) is 18.6 Å². The van der Waals surface area contributed by atoms with Crippen LogP contribution in [-0.4, -0.2) is 37.2 Å². The van der Waals surface area contributed by atoms with E-state index in [1.807, 2.05) is 0 Å². The van der Waals surface area contributed by atoms with Crippen LogP contribution in [-0.2, 0) is 9.53 Å². The van der Waals surface area contributed by atoms with Gasteiger partial charge in [0.25, 0.3) is 0 Å². The molecule has 0 aromatic carbocycles. The largest absolute Gasteiger partial charge is 0.381 e. The third-order valence-electron chi connectivity index (χ3n) is 4.31. The van der Waals surface area contributed by atoms with Gasteiger partial charge >= 0.3 is 0 Å². The molecule has 0 bridgehead atoms. The molecule has 2 heterocycles. The van der Waals surface area contributed by atoms with Gasteiger partial charge in [0.1, 0.15) is 0 Å². The van der Waals surface area contributed by atoms with Crippen LogP contribution in [0.15, 0.2) is 0 Å². The van der Waals surface area contributed by atoms with E-state index in [0.717, 1.165) is 45.4 Å². The van der Waals surface area contributed by atoms with Crippen molar-refractivity contribution in [3.05, 3.63) is 0 Å². The minimum absolute atomic E-state index is 0.178. The molecule has 0 aromatic rings. The van der Waals surface area contributed by atoms with E-state index in [0.29, 0.717) is 5.92 Å². The topological polar surface area (TPSA) is 50.4 Å². The predicted octanol–water partition coefficient (Wildman–Crippen LogP) is 1.06. The summed E-state index contributed by atoms with van der Waals surface area (Å²) < 4.78 is 5.37. The van der Waals surface area contributed by atoms with Gasteiger partial charge in [0.05, 0.1) is 12.1 Å². The molecule has 1 amide bonds. The van der Waals surface area contributed by atoms with Crippen LogP contribution in [0.5, 0.6) is 0 Å². The molecule has 98 valence electrons. The van der Waals surface area contributed by atoms with E-state index in [2.05, 4.69) is 24.5 Å². The van der Waals surface area contributed by atoms with Crippen molar-refractivity contribution in [1.82, 2.24) is 10.6 Å². The number of carbonyl (C=O) groups excluding carboxylic acids is 1. The number of hydrogen-bond donors (Lipinski definition) is 2. The van der Waals surface area contributed by atoms with E-state index in [1.165, 1.54) is 0 Å². The van der Waals surface area contributed by atoms with E-state index in [9.17, 15) is 4.79 Å². The van der Waals surface area contributed by atoms with E-state index in [4.69, 9.17) is 4.74 Å². The van der Waals surface area contributed by atoms with Gasteiger partial charge in [-0.3, -0.25) is 4.79 Å². The van der Waals surface area contributed by atoms with Gasteiger partial charge in [0.15, 0.2) is 0 Å².